The van der Waals surface area contributed by atoms with E-state index < -0.39 is 5.66 Å². The third-order valence-corrected chi connectivity index (χ3v) is 3.13. The lowest BCUT2D eigenvalue weighted by Crippen LogP contribution is -2.06. The van der Waals surface area contributed by atoms with E-state index in [0.29, 0.717) is 0 Å². The number of hydrogen-bond donors (Lipinski definition) is 0. The van der Waals surface area contributed by atoms with Crippen LogP contribution in [0.5, 0.6) is 0 Å². The second-order valence-corrected chi connectivity index (χ2v) is 5.29. The first-order valence-electron chi connectivity index (χ1n) is 5.45. The summed E-state index contributed by atoms with van der Waals surface area (Å²) in [6.45, 7) is 5.83. The highest BCUT2D eigenvalue weighted by Gasteiger charge is 2.26. The lowest BCUT2D eigenvalue weighted by molar-refractivity contribution is 0.103. The van der Waals surface area contributed by atoms with Gasteiger partial charge in [-0.1, -0.05) is 23.1 Å². The van der Waals surface area contributed by atoms with Gasteiger partial charge in [0.1, 0.15) is 5.65 Å². The number of aromatic nitrogens is 2. The number of hydrogen-bond acceptors (Lipinski definition) is 1. The molecule has 0 saturated carbocycles. The molecule has 0 bridgehead atoms. The largest absolute Gasteiger partial charge is 0.303 e. The van der Waals surface area contributed by atoms with Crippen LogP contribution < -0.4 is 0 Å². The Hall–Kier alpha value is -1.02. The minimum Gasteiger partial charge on any atom is -0.303 e. The molecule has 0 aliphatic rings. The second kappa shape index (κ2) is 4.02. The molecular weight excluding hydrogens is 241 g/mol. The summed E-state index contributed by atoms with van der Waals surface area (Å²) in [5, 5.41) is 0. The second-order valence-electron chi connectivity index (χ2n) is 4.57. The fourth-order valence-corrected chi connectivity index (χ4v) is 2.04. The highest BCUT2D eigenvalue weighted by Crippen LogP contribution is 2.36. The van der Waals surface area contributed by atoms with Crippen molar-refractivity contribution >= 4 is 14.9 Å². The van der Waals surface area contributed by atoms with Crippen molar-refractivity contribution in [2.24, 2.45) is 0 Å². The smallest absolute Gasteiger partial charge is 0.285 e. The maximum absolute atomic E-state index is 13.3. The predicted molar refractivity (Wildman–Crippen MR) is 67.6 cm³/mol. The highest BCUT2D eigenvalue weighted by atomic mass is 31.0. The van der Waals surface area contributed by atoms with Crippen LogP contribution in [0.1, 0.15) is 36.6 Å². The Labute approximate surface area is 101 Å². The lowest BCUT2D eigenvalue weighted by atomic mass is 10.1. The van der Waals surface area contributed by atoms with Gasteiger partial charge in [0.15, 0.2) is 0 Å². The molecule has 92 valence electrons. The van der Waals surface area contributed by atoms with Crippen LogP contribution >= 0.6 is 9.24 Å². The van der Waals surface area contributed by atoms with Crippen molar-refractivity contribution in [1.82, 2.24) is 9.38 Å². The molecule has 2 aromatic rings. The Balaban J connectivity index is 2.74. The van der Waals surface area contributed by atoms with Gasteiger partial charge in [0.05, 0.1) is 0 Å². The van der Waals surface area contributed by atoms with E-state index in [1.807, 2.05) is 13.8 Å². The van der Waals surface area contributed by atoms with Gasteiger partial charge in [0.2, 0.25) is 0 Å². The molecular formula is C12H15F2N2P. The predicted octanol–water partition coefficient (Wildman–Crippen LogP) is 3.69. The Morgan fingerprint density at radius 3 is 2.59 bits per heavy atom. The van der Waals surface area contributed by atoms with Crippen molar-refractivity contribution in [2.75, 3.05) is 0 Å². The van der Waals surface area contributed by atoms with Gasteiger partial charge in [-0.15, -0.1) is 0 Å². The van der Waals surface area contributed by atoms with E-state index in [0.717, 1.165) is 16.9 Å². The molecule has 2 aromatic heterocycles. The zero-order valence-corrected chi connectivity index (χ0v) is 11.2. The molecule has 2 nitrogen and oxygen atoms in total. The lowest BCUT2D eigenvalue weighted by Gasteiger charge is -2.14. The Kier molecular flexibility index (Phi) is 2.94. The van der Waals surface area contributed by atoms with Crippen molar-refractivity contribution in [3.63, 3.8) is 0 Å². The van der Waals surface area contributed by atoms with Crippen LogP contribution in [0.4, 0.5) is 8.78 Å². The molecule has 0 aromatic carbocycles. The van der Waals surface area contributed by atoms with Crippen LogP contribution in [0.2, 0.25) is 0 Å². The van der Waals surface area contributed by atoms with Crippen LogP contribution in [0.3, 0.4) is 0 Å². The minimum absolute atomic E-state index is 0.00704. The number of halogens is 2. The monoisotopic (exact) mass is 256 g/mol. The van der Waals surface area contributed by atoms with Crippen LogP contribution in [-0.2, 0) is 5.66 Å². The van der Waals surface area contributed by atoms with Gasteiger partial charge in [0.25, 0.3) is 5.66 Å². The highest BCUT2D eigenvalue weighted by molar-refractivity contribution is 7.17. The first kappa shape index (κ1) is 12.4. The normalized spacial score (nSPS) is 12.6. The maximum atomic E-state index is 13.3. The van der Waals surface area contributed by atoms with Crippen LogP contribution in [-0.4, -0.2) is 9.38 Å². The number of rotatable bonds is 2. The zero-order chi connectivity index (χ0) is 12.8. The summed E-state index contributed by atoms with van der Waals surface area (Å²) in [4.78, 5) is 4.27. The number of nitrogens with zero attached hydrogens (tertiary/aromatic N) is 2. The molecule has 0 N–H and O–H groups in total. The molecule has 2 heterocycles. The summed E-state index contributed by atoms with van der Waals surface area (Å²) in [6.07, 6.45) is 3.22. The van der Waals surface area contributed by atoms with Crippen LogP contribution in [0, 0.1) is 6.92 Å². The summed E-state index contributed by atoms with van der Waals surface area (Å²) in [5.41, 5.74) is -0.466. The Bertz CT molecular complexity index is 555. The number of imidazole rings is 1. The average Bonchev–Trinajstić information content (AvgIpc) is 2.60. The molecule has 2 rings (SSSR count). The fraction of sp³-hybridized carbons (Fsp3) is 0.417. The van der Waals surface area contributed by atoms with Gasteiger partial charge in [-0.2, -0.15) is 8.78 Å². The SMILES string of the molecule is Cc1cc(C(F)(F)P)cn2c(C(C)C)cnc12. The van der Waals surface area contributed by atoms with Gasteiger partial charge >= 0.3 is 0 Å². The zero-order valence-electron chi connectivity index (χ0n) is 10.0. The average molecular weight is 256 g/mol. The first-order chi connectivity index (χ1) is 7.80. The van der Waals surface area contributed by atoms with E-state index in [9.17, 15) is 8.78 Å². The van der Waals surface area contributed by atoms with E-state index in [2.05, 4.69) is 4.98 Å². The van der Waals surface area contributed by atoms with E-state index in [1.54, 1.807) is 26.8 Å². The van der Waals surface area contributed by atoms with Crippen molar-refractivity contribution in [1.29, 1.82) is 0 Å². The third-order valence-electron chi connectivity index (χ3n) is 2.79. The van der Waals surface area contributed by atoms with Crippen molar-refractivity contribution in [2.45, 2.75) is 32.4 Å². The van der Waals surface area contributed by atoms with Gasteiger partial charge in [-0.05, 0) is 24.5 Å². The van der Waals surface area contributed by atoms with Gasteiger partial charge in [0, 0.05) is 23.7 Å². The summed E-state index contributed by atoms with van der Waals surface area (Å²) in [5.74, 6) is 0.248. The quantitative estimate of drug-likeness (QED) is 0.749. The van der Waals surface area contributed by atoms with Crippen LogP contribution in [0.15, 0.2) is 18.5 Å². The van der Waals surface area contributed by atoms with Crippen molar-refractivity contribution < 1.29 is 8.78 Å². The van der Waals surface area contributed by atoms with Crippen molar-refractivity contribution in [3.8, 4) is 0 Å². The molecule has 1 atom stereocenters. The van der Waals surface area contributed by atoms with Gasteiger partial charge < -0.3 is 4.40 Å². The molecule has 0 aliphatic heterocycles. The number of aryl methyl sites for hydroxylation is 1. The Morgan fingerprint density at radius 1 is 1.41 bits per heavy atom. The molecule has 0 saturated heterocycles. The Morgan fingerprint density at radius 2 is 2.06 bits per heavy atom. The molecule has 17 heavy (non-hydrogen) atoms. The van der Waals surface area contributed by atoms with Gasteiger partial charge in [-0.3, -0.25) is 0 Å². The third kappa shape index (κ3) is 2.19. The number of pyridine rings is 1. The standard InChI is InChI=1S/C12H15F2N2P/c1-7(2)10-5-15-11-8(3)4-9(6-16(10)11)12(13,14)17/h4-7H,17H2,1-3H3. The molecule has 5 heteroatoms. The summed E-state index contributed by atoms with van der Waals surface area (Å²) in [6, 6.07) is 1.49. The first-order valence-corrected chi connectivity index (χ1v) is 6.03. The van der Waals surface area contributed by atoms with Crippen molar-refractivity contribution in [3.05, 3.63) is 35.3 Å². The van der Waals surface area contributed by atoms with E-state index in [-0.39, 0.29) is 11.5 Å². The maximum Gasteiger partial charge on any atom is 0.285 e. The topological polar surface area (TPSA) is 17.3 Å². The molecule has 0 amide bonds. The molecule has 0 fully saturated rings. The summed E-state index contributed by atoms with van der Waals surface area (Å²) >= 11 is 0. The number of fused-ring (bicyclic) bond motifs is 1. The van der Waals surface area contributed by atoms with Gasteiger partial charge in [-0.25, -0.2) is 4.98 Å². The fourth-order valence-electron chi connectivity index (χ4n) is 1.89. The van der Waals surface area contributed by atoms with Crippen LogP contribution in [0.25, 0.3) is 5.65 Å². The molecule has 0 spiro atoms. The molecule has 0 radical (unpaired) electrons. The summed E-state index contributed by atoms with van der Waals surface area (Å²) in [7, 11) is 1.57. The molecule has 0 aliphatic carbocycles. The summed E-state index contributed by atoms with van der Waals surface area (Å²) < 4.78 is 28.4. The van der Waals surface area contributed by atoms with E-state index in [4.69, 9.17) is 0 Å². The van der Waals surface area contributed by atoms with E-state index in [1.165, 1.54) is 12.3 Å². The van der Waals surface area contributed by atoms with E-state index >= 15 is 0 Å². The minimum atomic E-state index is -2.91. The number of alkyl halides is 2. The molecule has 1 unspecified atom stereocenters.